The molecule has 2 aromatic rings. The van der Waals surface area contributed by atoms with E-state index in [1.54, 1.807) is 20.4 Å². The molecule has 0 radical (unpaired) electrons. The fourth-order valence-electron chi connectivity index (χ4n) is 2.14. The molecule has 0 aliphatic carbocycles. The van der Waals surface area contributed by atoms with Crippen molar-refractivity contribution in [1.29, 1.82) is 0 Å². The topological polar surface area (TPSA) is 62.3 Å². The molecule has 2 rings (SSSR count). The zero-order valence-corrected chi connectivity index (χ0v) is 13.9. The maximum atomic E-state index is 6.01. The fourth-order valence-corrected chi connectivity index (χ4v) is 2.51. The molecule has 1 unspecified atom stereocenters. The summed E-state index contributed by atoms with van der Waals surface area (Å²) >= 11 is 2.19. The van der Waals surface area contributed by atoms with Gasteiger partial charge in [-0.25, -0.2) is 4.68 Å². The molecule has 108 valence electrons. The Hall–Kier alpha value is -1.44. The van der Waals surface area contributed by atoms with Crippen molar-refractivity contribution in [3.8, 4) is 11.5 Å². The molecular formula is C14H18IN3O2. The first-order chi connectivity index (χ1) is 9.56. The summed E-state index contributed by atoms with van der Waals surface area (Å²) < 4.78 is 13.4. The Balaban J connectivity index is 2.19. The molecular weight excluding hydrogens is 369 g/mol. The van der Waals surface area contributed by atoms with Crippen molar-refractivity contribution < 1.29 is 9.47 Å². The molecule has 0 saturated carbocycles. The van der Waals surface area contributed by atoms with Gasteiger partial charge in [0.2, 0.25) is 0 Å². The SMILES string of the molecule is COc1ccc(CC(C)n2ncc(I)c2N)cc1OC. The molecule has 0 amide bonds. The molecule has 20 heavy (non-hydrogen) atoms. The highest BCUT2D eigenvalue weighted by atomic mass is 127. The summed E-state index contributed by atoms with van der Waals surface area (Å²) in [5.74, 6) is 2.18. The molecule has 5 nitrogen and oxygen atoms in total. The van der Waals surface area contributed by atoms with E-state index >= 15 is 0 Å². The number of nitrogens with zero attached hydrogens (tertiary/aromatic N) is 2. The number of nitrogen functional groups attached to an aromatic ring is 1. The van der Waals surface area contributed by atoms with E-state index in [4.69, 9.17) is 15.2 Å². The normalized spacial score (nSPS) is 12.2. The molecule has 0 spiro atoms. The van der Waals surface area contributed by atoms with Gasteiger partial charge in [-0.15, -0.1) is 0 Å². The summed E-state index contributed by atoms with van der Waals surface area (Å²) in [6.45, 7) is 2.09. The van der Waals surface area contributed by atoms with Crippen LogP contribution in [0.4, 0.5) is 5.82 Å². The maximum absolute atomic E-state index is 6.01. The fraction of sp³-hybridized carbons (Fsp3) is 0.357. The molecule has 1 aromatic carbocycles. The van der Waals surface area contributed by atoms with Crippen LogP contribution in [-0.2, 0) is 6.42 Å². The average molecular weight is 387 g/mol. The third kappa shape index (κ3) is 3.00. The van der Waals surface area contributed by atoms with Gasteiger partial charge in [0.25, 0.3) is 0 Å². The standard InChI is InChI=1S/C14H18IN3O2/c1-9(18-14(16)11(15)8-17-18)6-10-4-5-12(19-2)13(7-10)20-3/h4-5,7-9H,6,16H2,1-3H3. The first-order valence-electron chi connectivity index (χ1n) is 6.26. The number of nitrogens with two attached hydrogens (primary N) is 1. The van der Waals surface area contributed by atoms with Crippen molar-refractivity contribution in [2.45, 2.75) is 19.4 Å². The van der Waals surface area contributed by atoms with Gasteiger partial charge in [0.05, 0.1) is 30.0 Å². The minimum absolute atomic E-state index is 0.177. The van der Waals surface area contributed by atoms with Gasteiger partial charge in [0.15, 0.2) is 11.5 Å². The van der Waals surface area contributed by atoms with Gasteiger partial charge in [-0.1, -0.05) is 6.07 Å². The number of methoxy groups -OCH3 is 2. The molecule has 1 atom stereocenters. The van der Waals surface area contributed by atoms with Crippen molar-refractivity contribution in [1.82, 2.24) is 9.78 Å². The second-order valence-corrected chi connectivity index (χ2v) is 5.73. The number of aromatic nitrogens is 2. The van der Waals surface area contributed by atoms with E-state index in [0.29, 0.717) is 5.82 Å². The Morgan fingerprint density at radius 3 is 2.55 bits per heavy atom. The van der Waals surface area contributed by atoms with E-state index in [-0.39, 0.29) is 6.04 Å². The number of anilines is 1. The van der Waals surface area contributed by atoms with Crippen LogP contribution in [0.3, 0.4) is 0 Å². The number of hydrogen-bond acceptors (Lipinski definition) is 4. The quantitative estimate of drug-likeness (QED) is 0.802. The molecule has 0 aliphatic rings. The zero-order chi connectivity index (χ0) is 14.7. The van der Waals surface area contributed by atoms with Gasteiger partial charge in [0.1, 0.15) is 5.82 Å². The van der Waals surface area contributed by atoms with Crippen molar-refractivity contribution in [3.05, 3.63) is 33.5 Å². The lowest BCUT2D eigenvalue weighted by molar-refractivity contribution is 0.354. The van der Waals surface area contributed by atoms with Crippen LogP contribution in [0.5, 0.6) is 11.5 Å². The van der Waals surface area contributed by atoms with Crippen LogP contribution in [0, 0.1) is 3.57 Å². The van der Waals surface area contributed by atoms with Crippen LogP contribution in [0.2, 0.25) is 0 Å². The monoisotopic (exact) mass is 387 g/mol. The largest absolute Gasteiger partial charge is 0.493 e. The van der Waals surface area contributed by atoms with E-state index in [2.05, 4.69) is 34.6 Å². The van der Waals surface area contributed by atoms with Gasteiger partial charge >= 0.3 is 0 Å². The molecule has 6 heteroatoms. The smallest absolute Gasteiger partial charge is 0.160 e. The lowest BCUT2D eigenvalue weighted by Gasteiger charge is -2.15. The highest BCUT2D eigenvalue weighted by Gasteiger charge is 2.13. The van der Waals surface area contributed by atoms with Gasteiger partial charge in [-0.2, -0.15) is 5.10 Å². The maximum Gasteiger partial charge on any atom is 0.160 e. The van der Waals surface area contributed by atoms with Crippen LogP contribution in [0.25, 0.3) is 0 Å². The summed E-state index contributed by atoms with van der Waals surface area (Å²) in [5, 5.41) is 4.32. The highest BCUT2D eigenvalue weighted by molar-refractivity contribution is 14.1. The second kappa shape index (κ2) is 6.34. The third-order valence-corrected chi connectivity index (χ3v) is 4.01. The predicted octanol–water partition coefficient (Wildman–Crippen LogP) is 2.89. The number of hydrogen-bond donors (Lipinski definition) is 1. The van der Waals surface area contributed by atoms with Crippen LogP contribution >= 0.6 is 22.6 Å². The summed E-state index contributed by atoms with van der Waals surface area (Å²) in [6.07, 6.45) is 2.60. The van der Waals surface area contributed by atoms with Crippen molar-refractivity contribution >= 4 is 28.4 Å². The Kier molecular flexibility index (Phi) is 4.74. The van der Waals surface area contributed by atoms with Gasteiger partial charge in [0, 0.05) is 0 Å². The van der Waals surface area contributed by atoms with Crippen LogP contribution in [0.1, 0.15) is 18.5 Å². The Bertz CT molecular complexity index is 598. The molecule has 0 fully saturated rings. The summed E-state index contributed by atoms with van der Waals surface area (Å²) in [6, 6.07) is 6.11. The van der Waals surface area contributed by atoms with Crippen molar-refractivity contribution in [2.75, 3.05) is 20.0 Å². The summed E-state index contributed by atoms with van der Waals surface area (Å²) in [7, 11) is 3.27. The molecule has 0 aliphatic heterocycles. The van der Waals surface area contributed by atoms with Crippen LogP contribution < -0.4 is 15.2 Å². The Morgan fingerprint density at radius 2 is 2.00 bits per heavy atom. The zero-order valence-electron chi connectivity index (χ0n) is 11.8. The first-order valence-corrected chi connectivity index (χ1v) is 7.34. The Morgan fingerprint density at radius 1 is 1.30 bits per heavy atom. The van der Waals surface area contributed by atoms with Crippen LogP contribution in [-0.4, -0.2) is 24.0 Å². The molecule has 1 heterocycles. The van der Waals surface area contributed by atoms with Crippen molar-refractivity contribution in [3.63, 3.8) is 0 Å². The minimum atomic E-state index is 0.177. The highest BCUT2D eigenvalue weighted by Crippen LogP contribution is 2.29. The number of ether oxygens (including phenoxy) is 2. The molecule has 0 saturated heterocycles. The first kappa shape index (κ1) is 15.0. The lowest BCUT2D eigenvalue weighted by atomic mass is 10.1. The number of halogens is 1. The van der Waals surface area contributed by atoms with E-state index < -0.39 is 0 Å². The number of rotatable bonds is 5. The Labute approximate surface area is 132 Å². The minimum Gasteiger partial charge on any atom is -0.493 e. The van der Waals surface area contributed by atoms with Crippen LogP contribution in [0.15, 0.2) is 24.4 Å². The van der Waals surface area contributed by atoms with E-state index in [9.17, 15) is 0 Å². The lowest BCUT2D eigenvalue weighted by Crippen LogP contribution is -2.13. The summed E-state index contributed by atoms with van der Waals surface area (Å²) in [4.78, 5) is 0. The van der Waals surface area contributed by atoms with E-state index in [0.717, 1.165) is 27.1 Å². The molecule has 2 N–H and O–H groups in total. The number of benzene rings is 1. The molecule has 1 aromatic heterocycles. The summed E-state index contributed by atoms with van der Waals surface area (Å²) in [5.41, 5.74) is 7.16. The average Bonchev–Trinajstić information content (AvgIpc) is 2.79. The third-order valence-electron chi connectivity index (χ3n) is 3.18. The van der Waals surface area contributed by atoms with Crippen molar-refractivity contribution in [2.24, 2.45) is 0 Å². The van der Waals surface area contributed by atoms with E-state index in [1.807, 2.05) is 22.9 Å². The molecule has 0 bridgehead atoms. The van der Waals surface area contributed by atoms with E-state index in [1.165, 1.54) is 0 Å². The second-order valence-electron chi connectivity index (χ2n) is 4.56. The van der Waals surface area contributed by atoms with Gasteiger partial charge in [-0.05, 0) is 53.6 Å². The predicted molar refractivity (Wildman–Crippen MR) is 87.3 cm³/mol. The van der Waals surface area contributed by atoms with Gasteiger partial charge in [-0.3, -0.25) is 0 Å². The van der Waals surface area contributed by atoms with Gasteiger partial charge < -0.3 is 15.2 Å².